The molecule has 0 spiro atoms. The van der Waals surface area contributed by atoms with Gasteiger partial charge in [0.1, 0.15) is 23.3 Å². The van der Waals surface area contributed by atoms with Crippen LogP contribution in [-0.4, -0.2) is 85.9 Å². The second-order valence-electron chi connectivity index (χ2n) is 15.9. The van der Waals surface area contributed by atoms with E-state index in [0.717, 1.165) is 31.4 Å². The Labute approximate surface area is 327 Å². The lowest BCUT2D eigenvalue weighted by Gasteiger charge is -2.35. The number of aromatic nitrogens is 4. The number of imide groups is 1. The van der Waals surface area contributed by atoms with E-state index in [9.17, 15) is 28.4 Å². The van der Waals surface area contributed by atoms with Gasteiger partial charge >= 0.3 is 0 Å². The summed E-state index contributed by atoms with van der Waals surface area (Å²) in [6.45, 7) is 6.03. The second kappa shape index (κ2) is 15.7. The van der Waals surface area contributed by atoms with Gasteiger partial charge in [0, 0.05) is 82.2 Å². The number of halogens is 2. The maximum atomic E-state index is 15.2. The van der Waals surface area contributed by atoms with Crippen molar-refractivity contribution in [2.45, 2.75) is 95.4 Å². The molecule has 7 heterocycles. The number of anilines is 2. The third-order valence-corrected chi connectivity index (χ3v) is 11.6. The zero-order valence-electron chi connectivity index (χ0n) is 32.0. The van der Waals surface area contributed by atoms with Crippen LogP contribution in [0.25, 0.3) is 5.65 Å². The molecule has 1 unspecified atom stereocenters. The number of amides is 4. The van der Waals surface area contributed by atoms with E-state index in [1.54, 1.807) is 22.7 Å². The van der Waals surface area contributed by atoms with Crippen LogP contribution < -0.4 is 25.8 Å². The van der Waals surface area contributed by atoms with Crippen LogP contribution in [0.1, 0.15) is 105 Å². The number of pyridine rings is 3. The number of nitrogens with zero attached hydrogens (tertiary/aromatic N) is 6. The number of carbonyl (C=O) groups is 4. The van der Waals surface area contributed by atoms with Crippen LogP contribution >= 0.6 is 0 Å². The summed E-state index contributed by atoms with van der Waals surface area (Å²) in [5, 5.41) is 5.00. The van der Waals surface area contributed by atoms with Crippen molar-refractivity contribution in [3.63, 3.8) is 0 Å². The third kappa shape index (κ3) is 8.12. The van der Waals surface area contributed by atoms with E-state index >= 15 is 4.39 Å². The van der Waals surface area contributed by atoms with E-state index in [1.807, 2.05) is 29.8 Å². The first-order chi connectivity index (χ1) is 27.4. The van der Waals surface area contributed by atoms with Gasteiger partial charge in [-0.3, -0.25) is 29.3 Å². The van der Waals surface area contributed by atoms with Crippen molar-refractivity contribution >= 4 is 40.8 Å². The van der Waals surface area contributed by atoms with E-state index in [-0.39, 0.29) is 59.7 Å². The summed E-state index contributed by atoms with van der Waals surface area (Å²) < 4.78 is 38.0. The predicted octanol–water partition coefficient (Wildman–Crippen LogP) is 4.89. The number of rotatable bonds is 10. The Balaban J connectivity index is 0.858. The normalized spacial score (nSPS) is 21.9. The molecule has 4 aliphatic rings. The van der Waals surface area contributed by atoms with E-state index < -0.39 is 41.3 Å². The first-order valence-electron chi connectivity index (χ1n) is 19.8. The van der Waals surface area contributed by atoms with Gasteiger partial charge in [-0.2, -0.15) is 0 Å². The molecule has 0 radical (unpaired) electrons. The quantitative estimate of drug-likeness (QED) is 0.214. The lowest BCUT2D eigenvalue weighted by Crippen LogP contribution is -2.41. The highest BCUT2D eigenvalue weighted by atomic mass is 19.1. The van der Waals surface area contributed by atoms with Crippen molar-refractivity contribution in [1.29, 1.82) is 0 Å². The molecule has 4 aromatic heterocycles. The lowest BCUT2D eigenvalue weighted by molar-refractivity contribution is -0.135. The highest BCUT2D eigenvalue weighted by Gasteiger charge is 2.40. The van der Waals surface area contributed by atoms with Crippen molar-refractivity contribution in [2.75, 3.05) is 36.4 Å². The molecule has 0 bridgehead atoms. The summed E-state index contributed by atoms with van der Waals surface area (Å²) in [7, 11) is 0. The molecule has 3 aliphatic heterocycles. The molecule has 4 amide bonds. The molecule has 3 atom stereocenters. The Kier molecular flexibility index (Phi) is 10.5. The van der Waals surface area contributed by atoms with Gasteiger partial charge in [-0.25, -0.2) is 18.7 Å². The minimum atomic E-state index is -1.07. The highest BCUT2D eigenvalue weighted by molar-refractivity contribution is 6.06. The molecule has 1 saturated carbocycles. The summed E-state index contributed by atoms with van der Waals surface area (Å²) in [5.41, 5.74) is 1.72. The first-order valence-corrected chi connectivity index (χ1v) is 19.8. The van der Waals surface area contributed by atoms with Crippen molar-refractivity contribution in [1.82, 2.24) is 29.2 Å². The Bertz CT molecular complexity index is 2280. The number of ether oxygens (including phenoxy) is 1. The molecule has 300 valence electrons. The number of alkyl halides is 1. The van der Waals surface area contributed by atoms with Gasteiger partial charge in [0.2, 0.25) is 17.7 Å². The Morgan fingerprint density at radius 2 is 1.79 bits per heavy atom. The van der Waals surface area contributed by atoms with Gasteiger partial charge in [-0.05, 0) is 75.6 Å². The van der Waals surface area contributed by atoms with Gasteiger partial charge in [-0.15, -0.1) is 0 Å². The number of carbonyl (C=O) groups excluding carboxylic acids is 4. The third-order valence-electron chi connectivity index (χ3n) is 11.6. The first kappa shape index (κ1) is 38.2. The predicted molar refractivity (Wildman–Crippen MR) is 206 cm³/mol. The fourth-order valence-corrected chi connectivity index (χ4v) is 8.28. The van der Waals surface area contributed by atoms with E-state index in [4.69, 9.17) is 9.72 Å². The molecule has 57 heavy (non-hydrogen) atoms. The number of nitrogens with one attached hydrogen (secondary N) is 2. The molecule has 8 rings (SSSR count). The molecule has 1 aliphatic carbocycles. The fourth-order valence-electron chi connectivity index (χ4n) is 8.28. The number of hydrogen-bond acceptors (Lipinski definition) is 9. The van der Waals surface area contributed by atoms with Crippen LogP contribution in [0.4, 0.5) is 20.3 Å². The molecule has 2 N–H and O–H groups in total. The molecule has 3 saturated heterocycles. The summed E-state index contributed by atoms with van der Waals surface area (Å²) in [5.74, 6) is -1.44. The molecule has 4 aromatic rings. The molecule has 14 nitrogen and oxygen atoms in total. The summed E-state index contributed by atoms with van der Waals surface area (Å²) in [6.07, 6.45) is 9.44. The van der Waals surface area contributed by atoms with Crippen LogP contribution in [-0.2, 0) is 14.4 Å². The van der Waals surface area contributed by atoms with Crippen LogP contribution in [0.3, 0.4) is 0 Å². The van der Waals surface area contributed by atoms with Crippen molar-refractivity contribution < 1.29 is 32.7 Å². The minimum absolute atomic E-state index is 0.0543. The summed E-state index contributed by atoms with van der Waals surface area (Å²) >= 11 is 0. The number of imidazole rings is 1. The average Bonchev–Trinajstić information content (AvgIpc) is 3.76. The smallest absolute Gasteiger partial charge is 0.274 e. The van der Waals surface area contributed by atoms with Crippen molar-refractivity contribution in [3.05, 3.63) is 82.0 Å². The maximum Gasteiger partial charge on any atom is 0.274 e. The lowest BCUT2D eigenvalue weighted by atomic mass is 9.90. The SMILES string of the molecule is CC(C)Oc1cc2nc(C3CCN(C(=O)CC4CCN(c5ncc(C6CCC(=O)NC6=O)cc5F)CC4)CC3)cn2cc1C(=O)Nc1cccn([C@H]2C[C@H]2F)c1=O. The standard InChI is InChI=1S/C41H46F2N8O6/c1-23(2)57-34-19-35-45-32(22-50(35)21-28(34)40(55)46-31-4-3-11-51(41(31)56)33-18-29(33)42)25-9-14-48(15-10-25)37(53)16-24-7-12-49(13-8-24)38-30(43)17-26(20-44-38)27-5-6-36(52)47-39(27)54/h3-4,11,17,19-25,27,29,33H,5-10,12-16,18H2,1-2H3,(H,46,55)(H,47,52,54)/t27?,29-,33+/m1/s1. The maximum absolute atomic E-state index is 15.2. The van der Waals surface area contributed by atoms with E-state index in [1.165, 1.54) is 29.1 Å². The van der Waals surface area contributed by atoms with Crippen molar-refractivity contribution in [3.8, 4) is 5.75 Å². The topological polar surface area (TPSA) is 160 Å². The second-order valence-corrected chi connectivity index (χ2v) is 15.9. The largest absolute Gasteiger partial charge is 0.490 e. The zero-order valence-corrected chi connectivity index (χ0v) is 32.0. The minimum Gasteiger partial charge on any atom is -0.490 e. The van der Waals surface area contributed by atoms with Crippen LogP contribution in [0.15, 0.2) is 53.8 Å². The van der Waals surface area contributed by atoms with Crippen LogP contribution in [0.5, 0.6) is 5.75 Å². The molecular formula is C41H46F2N8O6. The van der Waals surface area contributed by atoms with Gasteiger partial charge < -0.3 is 28.8 Å². The molecule has 4 fully saturated rings. The summed E-state index contributed by atoms with van der Waals surface area (Å²) in [6, 6.07) is 5.65. The fraction of sp³-hybridized carbons (Fsp3) is 0.488. The summed E-state index contributed by atoms with van der Waals surface area (Å²) in [4.78, 5) is 76.8. The number of hydrogen-bond donors (Lipinski definition) is 2. The molecular weight excluding hydrogens is 738 g/mol. The number of fused-ring (bicyclic) bond motifs is 1. The highest BCUT2D eigenvalue weighted by Crippen LogP contribution is 2.38. The van der Waals surface area contributed by atoms with E-state index in [0.29, 0.717) is 56.0 Å². The Hall–Kier alpha value is -5.67. The van der Waals surface area contributed by atoms with Gasteiger partial charge in [0.15, 0.2) is 11.6 Å². The van der Waals surface area contributed by atoms with Crippen LogP contribution in [0.2, 0.25) is 0 Å². The van der Waals surface area contributed by atoms with Crippen molar-refractivity contribution in [2.24, 2.45) is 5.92 Å². The average molecular weight is 785 g/mol. The van der Waals surface area contributed by atoms with Crippen LogP contribution in [0, 0.1) is 11.7 Å². The number of piperidine rings is 3. The van der Waals surface area contributed by atoms with Gasteiger partial charge in [-0.1, -0.05) is 0 Å². The zero-order chi connectivity index (χ0) is 40.0. The van der Waals surface area contributed by atoms with Gasteiger partial charge in [0.25, 0.3) is 11.5 Å². The Morgan fingerprint density at radius 3 is 2.47 bits per heavy atom. The Morgan fingerprint density at radius 1 is 1.04 bits per heavy atom. The molecule has 0 aromatic carbocycles. The monoisotopic (exact) mass is 784 g/mol. The number of likely N-dealkylation sites (tertiary alicyclic amines) is 1. The molecule has 16 heteroatoms. The van der Waals surface area contributed by atoms with Gasteiger partial charge in [0.05, 0.1) is 29.3 Å². The van der Waals surface area contributed by atoms with E-state index in [2.05, 4.69) is 15.6 Å².